The van der Waals surface area contributed by atoms with Crippen LogP contribution >= 0.6 is 22.7 Å². The molecule has 14 heteroatoms. The van der Waals surface area contributed by atoms with Crippen molar-refractivity contribution in [2.45, 2.75) is 36.2 Å². The normalized spacial score (nSPS) is 15.5. The number of ether oxygens (including phenoxy) is 1. The number of sulfonamides is 1. The molecule has 5 rings (SSSR count). The molecule has 0 amide bonds. The zero-order valence-electron chi connectivity index (χ0n) is 21.5. The molecule has 0 spiro atoms. The second-order valence-electron chi connectivity index (χ2n) is 9.60. The number of piperidine rings is 1. The number of para-hydroxylation sites is 1. The maximum absolute atomic E-state index is 13.1. The minimum Gasteiger partial charge on any atom is -0.459 e. The lowest BCUT2D eigenvalue weighted by Crippen LogP contribution is -2.33. The van der Waals surface area contributed by atoms with Crippen molar-refractivity contribution in [1.82, 2.24) is 14.9 Å². The molecule has 1 aromatic carbocycles. The highest BCUT2D eigenvalue weighted by Crippen LogP contribution is 2.35. The summed E-state index contributed by atoms with van der Waals surface area (Å²) in [4.78, 5) is 22.2. The number of aromatic nitrogens is 2. The van der Waals surface area contributed by atoms with Gasteiger partial charge in [-0.05, 0) is 61.8 Å². The Morgan fingerprint density at radius 3 is 2.70 bits per heavy atom. The van der Waals surface area contributed by atoms with Crippen molar-refractivity contribution in [2.24, 2.45) is 5.92 Å². The van der Waals surface area contributed by atoms with E-state index in [2.05, 4.69) is 19.6 Å². The summed E-state index contributed by atoms with van der Waals surface area (Å²) in [6, 6.07) is 10.8. The number of carbonyl (C=O) groups is 1. The van der Waals surface area contributed by atoms with Crippen LogP contribution in [0.2, 0.25) is 0 Å². The number of rotatable bonds is 9. The zero-order chi connectivity index (χ0) is 28.5. The Kier molecular flexibility index (Phi) is 8.22. The summed E-state index contributed by atoms with van der Waals surface area (Å²) in [6.45, 7) is 2.09. The summed E-state index contributed by atoms with van der Waals surface area (Å²) < 4.78 is 68.9. The number of fused-ring (bicyclic) bond motifs is 1. The van der Waals surface area contributed by atoms with E-state index in [1.54, 1.807) is 42.0 Å². The molecule has 4 aromatic rings. The van der Waals surface area contributed by atoms with Gasteiger partial charge >= 0.3 is 12.1 Å². The van der Waals surface area contributed by atoms with E-state index < -0.39 is 22.2 Å². The monoisotopic (exact) mass is 612 g/mol. The number of hydrogen-bond donors (Lipinski definition) is 1. The number of likely N-dealkylation sites (tertiary alicyclic amines) is 1. The van der Waals surface area contributed by atoms with E-state index in [4.69, 9.17) is 0 Å². The van der Waals surface area contributed by atoms with Crippen LogP contribution in [0.1, 0.15) is 24.1 Å². The molecule has 0 aliphatic carbocycles. The van der Waals surface area contributed by atoms with Gasteiger partial charge in [0.2, 0.25) is 0 Å². The van der Waals surface area contributed by atoms with Crippen LogP contribution in [0.15, 0.2) is 52.2 Å². The van der Waals surface area contributed by atoms with Gasteiger partial charge < -0.3 is 9.72 Å². The van der Waals surface area contributed by atoms with Crippen molar-refractivity contribution in [3.8, 4) is 10.7 Å². The molecule has 40 heavy (non-hydrogen) atoms. The second-order valence-corrected chi connectivity index (χ2v) is 13.9. The molecule has 1 saturated heterocycles. The van der Waals surface area contributed by atoms with Crippen LogP contribution in [0.5, 0.6) is 0 Å². The third kappa shape index (κ3) is 6.19. The Bertz CT molecular complexity index is 1570. The van der Waals surface area contributed by atoms with Gasteiger partial charge in [-0.15, -0.1) is 22.7 Å². The number of carbonyl (C=O) groups excluding carboxylic acids is 1. The summed E-state index contributed by atoms with van der Waals surface area (Å²) >= 11 is 2.73. The molecule has 0 atom stereocenters. The third-order valence-electron chi connectivity index (χ3n) is 6.94. The molecular weight excluding hydrogens is 586 g/mol. The molecule has 0 unspecified atom stereocenters. The van der Waals surface area contributed by atoms with Crippen molar-refractivity contribution < 1.29 is 31.1 Å². The third-order valence-corrected chi connectivity index (χ3v) is 11.1. The van der Waals surface area contributed by atoms with Gasteiger partial charge in [-0.3, -0.25) is 9.21 Å². The van der Waals surface area contributed by atoms with Crippen molar-refractivity contribution in [1.29, 1.82) is 0 Å². The van der Waals surface area contributed by atoms with Gasteiger partial charge in [0.1, 0.15) is 9.22 Å². The number of thiophene rings is 1. The van der Waals surface area contributed by atoms with Gasteiger partial charge in [0, 0.05) is 30.1 Å². The number of nitrogens with zero attached hydrogens (tertiary/aromatic N) is 3. The van der Waals surface area contributed by atoms with Gasteiger partial charge in [0.15, 0.2) is 0 Å². The second kappa shape index (κ2) is 11.5. The molecule has 214 valence electrons. The molecule has 1 N–H and O–H groups in total. The zero-order valence-corrected chi connectivity index (χ0v) is 23.9. The molecule has 0 bridgehead atoms. The van der Waals surface area contributed by atoms with Crippen LogP contribution in [-0.2, 0) is 26.1 Å². The van der Waals surface area contributed by atoms with E-state index >= 15 is 0 Å². The predicted octanol–water partition coefficient (Wildman–Crippen LogP) is 5.89. The molecule has 0 radical (unpaired) electrons. The van der Waals surface area contributed by atoms with Gasteiger partial charge in [-0.2, -0.15) is 13.2 Å². The first-order valence-electron chi connectivity index (χ1n) is 12.6. The number of esters is 1. The number of halogens is 3. The van der Waals surface area contributed by atoms with Crippen molar-refractivity contribution in [3.05, 3.63) is 52.9 Å². The first kappa shape index (κ1) is 28.6. The summed E-state index contributed by atoms with van der Waals surface area (Å²) in [6.07, 6.45) is -1.05. The maximum atomic E-state index is 13.1. The van der Waals surface area contributed by atoms with Gasteiger partial charge in [-0.25, -0.2) is 18.2 Å². The lowest BCUT2D eigenvalue weighted by Gasteiger charge is -2.31. The summed E-state index contributed by atoms with van der Waals surface area (Å²) in [5, 5.41) is 3.40. The van der Waals surface area contributed by atoms with Crippen LogP contribution in [-0.4, -0.2) is 62.2 Å². The van der Waals surface area contributed by atoms with Crippen LogP contribution in [0.25, 0.3) is 21.6 Å². The number of aromatic amines is 1. The molecule has 1 fully saturated rings. The van der Waals surface area contributed by atoms with Crippen molar-refractivity contribution in [2.75, 3.05) is 31.0 Å². The van der Waals surface area contributed by atoms with Crippen LogP contribution in [0.3, 0.4) is 0 Å². The highest BCUT2D eigenvalue weighted by molar-refractivity contribution is 7.94. The summed E-state index contributed by atoms with van der Waals surface area (Å²) in [7, 11) is -2.13. The average molecular weight is 613 g/mol. The number of hydrogen-bond acceptors (Lipinski definition) is 8. The smallest absolute Gasteiger partial charge is 0.459 e. The van der Waals surface area contributed by atoms with Gasteiger partial charge in [-0.1, -0.05) is 18.2 Å². The fraction of sp³-hybridized carbons (Fsp3) is 0.385. The Hall–Kier alpha value is -2.94. The first-order valence-corrected chi connectivity index (χ1v) is 15.7. The number of thiazole rings is 1. The highest BCUT2D eigenvalue weighted by atomic mass is 32.2. The van der Waals surface area contributed by atoms with Gasteiger partial charge in [0.25, 0.3) is 10.0 Å². The minimum absolute atomic E-state index is 0.219. The number of benzene rings is 1. The van der Waals surface area contributed by atoms with E-state index in [-0.39, 0.29) is 16.7 Å². The lowest BCUT2D eigenvalue weighted by molar-refractivity contribution is -0.200. The van der Waals surface area contributed by atoms with E-state index in [9.17, 15) is 26.4 Å². The first-order chi connectivity index (χ1) is 19.0. The van der Waals surface area contributed by atoms with Crippen LogP contribution in [0.4, 0.5) is 18.9 Å². The van der Waals surface area contributed by atoms with Crippen LogP contribution < -0.4 is 4.31 Å². The molecule has 4 heterocycles. The van der Waals surface area contributed by atoms with Gasteiger partial charge in [0.05, 0.1) is 23.5 Å². The Balaban J connectivity index is 1.20. The van der Waals surface area contributed by atoms with E-state index in [1.807, 2.05) is 24.4 Å². The predicted molar refractivity (Wildman–Crippen MR) is 149 cm³/mol. The van der Waals surface area contributed by atoms with Crippen LogP contribution in [0, 0.1) is 5.92 Å². The largest absolute Gasteiger partial charge is 0.490 e. The molecule has 8 nitrogen and oxygen atoms in total. The van der Waals surface area contributed by atoms with E-state index in [0.29, 0.717) is 24.2 Å². The molecule has 1 aliphatic rings. The topological polar surface area (TPSA) is 95.6 Å². The lowest BCUT2D eigenvalue weighted by atomic mass is 9.94. The molecule has 3 aromatic heterocycles. The molecule has 0 saturated carbocycles. The summed E-state index contributed by atoms with van der Waals surface area (Å²) in [5.74, 6) is -1.91. The quantitative estimate of drug-likeness (QED) is 0.237. The number of H-pyrrole nitrogens is 1. The Labute approximate surface area is 237 Å². The average Bonchev–Trinajstić information content (AvgIpc) is 3.69. The minimum atomic E-state index is -4.95. The fourth-order valence-corrected chi connectivity index (χ4v) is 8.05. The summed E-state index contributed by atoms with van der Waals surface area (Å²) in [5.41, 5.74) is 2.05. The number of alkyl halides is 3. The van der Waals surface area contributed by atoms with Crippen molar-refractivity contribution in [3.63, 3.8) is 0 Å². The van der Waals surface area contributed by atoms with E-state index in [0.717, 1.165) is 46.9 Å². The highest BCUT2D eigenvalue weighted by Gasteiger charge is 2.41. The SMILES string of the molecule is CN(c1cccc2cc(-c3ncc(CN4CCC(CCOC(=O)C(F)(F)F)CC4)s3)[nH]c12)S(=O)(=O)c1cccs1. The number of anilines is 1. The fourth-order valence-electron chi connectivity index (χ4n) is 4.75. The van der Waals surface area contributed by atoms with E-state index in [1.165, 1.54) is 15.6 Å². The maximum Gasteiger partial charge on any atom is 0.490 e. The number of nitrogens with one attached hydrogen (secondary N) is 1. The molecular formula is C26H27F3N4O4S3. The molecule has 1 aliphatic heterocycles. The standard InChI is InChI=1S/C26H27F3N4O4S3/c1-32(40(35,36)22-6-3-13-38-22)21-5-2-4-18-14-20(31-23(18)21)24-30-15-19(39-24)16-33-10-7-17(8-11-33)9-12-37-25(34)26(27,28)29/h2-6,13-15,17,31H,7-12,16H2,1H3. The Morgan fingerprint density at radius 1 is 1.23 bits per heavy atom. The van der Waals surface area contributed by atoms with Crippen molar-refractivity contribution >= 4 is 55.3 Å². The Morgan fingerprint density at radius 2 is 2.00 bits per heavy atom.